The molecule has 0 bridgehead atoms. The standard InChI is InChI=1S/C21H18FN3O2S/c22-18-9-5-4-8-15(18)16-10-19(26)25-21(17(16)11-23)28-13-20(27)24-12-14-6-2-1-3-7-14/h1-9,16H,10,12-13H2,(H,24,27)(H,25,26)/t16-/m0/s1. The summed E-state index contributed by atoms with van der Waals surface area (Å²) in [5, 5.41) is 15.3. The molecular weight excluding hydrogens is 377 g/mol. The molecule has 0 fully saturated rings. The van der Waals surface area contributed by atoms with Crippen molar-refractivity contribution >= 4 is 23.6 Å². The maximum atomic E-state index is 14.2. The topological polar surface area (TPSA) is 82.0 Å². The molecule has 5 nitrogen and oxygen atoms in total. The van der Waals surface area contributed by atoms with E-state index < -0.39 is 11.7 Å². The number of carbonyl (C=O) groups excluding carboxylic acids is 2. The third-order valence-corrected chi connectivity index (χ3v) is 5.33. The number of rotatable bonds is 6. The van der Waals surface area contributed by atoms with E-state index in [0.29, 0.717) is 17.1 Å². The van der Waals surface area contributed by atoms with Crippen molar-refractivity contribution in [1.29, 1.82) is 5.26 Å². The molecule has 142 valence electrons. The van der Waals surface area contributed by atoms with Crippen molar-refractivity contribution in [2.24, 2.45) is 0 Å². The highest BCUT2D eigenvalue weighted by molar-refractivity contribution is 8.03. The monoisotopic (exact) mass is 395 g/mol. The highest BCUT2D eigenvalue weighted by atomic mass is 32.2. The SMILES string of the molecule is N#CC1=C(SCC(=O)NCc2ccccc2)NC(=O)C[C@H]1c1ccccc1F. The van der Waals surface area contributed by atoms with Crippen molar-refractivity contribution in [2.45, 2.75) is 18.9 Å². The van der Waals surface area contributed by atoms with E-state index in [4.69, 9.17) is 0 Å². The molecule has 0 spiro atoms. The first-order valence-corrected chi connectivity index (χ1v) is 9.69. The molecule has 0 radical (unpaired) electrons. The van der Waals surface area contributed by atoms with Crippen LogP contribution in [-0.4, -0.2) is 17.6 Å². The molecule has 2 amide bonds. The molecule has 1 aliphatic rings. The van der Waals surface area contributed by atoms with Gasteiger partial charge in [0.2, 0.25) is 11.8 Å². The predicted octanol–water partition coefficient (Wildman–Crippen LogP) is 3.21. The quantitative estimate of drug-likeness (QED) is 0.787. The van der Waals surface area contributed by atoms with Gasteiger partial charge in [0.1, 0.15) is 5.82 Å². The van der Waals surface area contributed by atoms with Crippen molar-refractivity contribution in [3.05, 3.63) is 82.1 Å². The van der Waals surface area contributed by atoms with Gasteiger partial charge in [0.15, 0.2) is 0 Å². The molecule has 1 atom stereocenters. The maximum absolute atomic E-state index is 14.2. The molecule has 7 heteroatoms. The van der Waals surface area contributed by atoms with Crippen molar-refractivity contribution in [2.75, 3.05) is 5.75 Å². The normalized spacial score (nSPS) is 16.3. The van der Waals surface area contributed by atoms with Gasteiger partial charge in [-0.2, -0.15) is 5.26 Å². The number of amides is 2. The molecule has 2 aromatic rings. The van der Waals surface area contributed by atoms with E-state index in [1.54, 1.807) is 18.2 Å². The summed E-state index contributed by atoms with van der Waals surface area (Å²) < 4.78 is 14.2. The average molecular weight is 395 g/mol. The fourth-order valence-corrected chi connectivity index (χ4v) is 3.85. The number of nitrogens with one attached hydrogen (secondary N) is 2. The summed E-state index contributed by atoms with van der Waals surface area (Å²) in [5.74, 6) is -1.60. The van der Waals surface area contributed by atoms with Gasteiger partial charge in [0.25, 0.3) is 0 Å². The van der Waals surface area contributed by atoms with Gasteiger partial charge in [0, 0.05) is 18.9 Å². The summed E-state index contributed by atoms with van der Waals surface area (Å²) in [4.78, 5) is 24.2. The lowest BCUT2D eigenvalue weighted by Gasteiger charge is -2.25. The van der Waals surface area contributed by atoms with Crippen LogP contribution in [-0.2, 0) is 16.1 Å². The fourth-order valence-electron chi connectivity index (χ4n) is 2.94. The smallest absolute Gasteiger partial charge is 0.230 e. The van der Waals surface area contributed by atoms with E-state index in [0.717, 1.165) is 17.3 Å². The maximum Gasteiger partial charge on any atom is 0.230 e. The molecule has 2 aromatic carbocycles. The minimum absolute atomic E-state index is 0.00586. The second kappa shape index (κ2) is 9.20. The van der Waals surface area contributed by atoms with Crippen LogP contribution in [0.2, 0.25) is 0 Å². The molecule has 1 aliphatic heterocycles. The summed E-state index contributed by atoms with van der Waals surface area (Å²) in [6.07, 6.45) is -0.00586. The summed E-state index contributed by atoms with van der Waals surface area (Å²) in [7, 11) is 0. The number of allylic oxidation sites excluding steroid dienone is 1. The summed E-state index contributed by atoms with van der Waals surface area (Å²) in [5.41, 5.74) is 1.55. The number of thioether (sulfide) groups is 1. The Morgan fingerprint density at radius 2 is 1.93 bits per heavy atom. The van der Waals surface area contributed by atoms with E-state index in [-0.39, 0.29) is 29.6 Å². The van der Waals surface area contributed by atoms with E-state index in [1.165, 1.54) is 6.07 Å². The van der Waals surface area contributed by atoms with Crippen molar-refractivity contribution < 1.29 is 14.0 Å². The van der Waals surface area contributed by atoms with Crippen LogP contribution in [0, 0.1) is 17.1 Å². The summed E-state index contributed by atoms with van der Waals surface area (Å²) >= 11 is 1.07. The molecule has 0 saturated carbocycles. The average Bonchev–Trinajstić information content (AvgIpc) is 2.71. The third-order valence-electron chi connectivity index (χ3n) is 4.32. The number of halogens is 1. The minimum Gasteiger partial charge on any atom is -0.351 e. The second-order valence-electron chi connectivity index (χ2n) is 6.23. The Bertz CT molecular complexity index is 954. The number of carbonyl (C=O) groups is 2. The molecule has 0 unspecified atom stereocenters. The lowest BCUT2D eigenvalue weighted by molar-refractivity contribution is -0.121. The van der Waals surface area contributed by atoms with Gasteiger partial charge in [-0.15, -0.1) is 0 Å². The Labute approximate surface area is 166 Å². The Hall–Kier alpha value is -3.11. The van der Waals surface area contributed by atoms with Gasteiger partial charge in [-0.25, -0.2) is 4.39 Å². The number of benzene rings is 2. The Kier molecular flexibility index (Phi) is 6.45. The van der Waals surface area contributed by atoms with Crippen LogP contribution in [0.25, 0.3) is 0 Å². The molecular formula is C21H18FN3O2S. The largest absolute Gasteiger partial charge is 0.351 e. The second-order valence-corrected chi connectivity index (χ2v) is 7.22. The van der Waals surface area contributed by atoms with Crippen LogP contribution in [0.3, 0.4) is 0 Å². The van der Waals surface area contributed by atoms with E-state index in [9.17, 15) is 19.2 Å². The zero-order valence-corrected chi connectivity index (χ0v) is 15.8. The number of nitriles is 1. The Morgan fingerprint density at radius 3 is 2.64 bits per heavy atom. The fraction of sp³-hybridized carbons (Fsp3) is 0.190. The molecule has 3 rings (SSSR count). The van der Waals surface area contributed by atoms with Crippen LogP contribution >= 0.6 is 11.8 Å². The van der Waals surface area contributed by atoms with Gasteiger partial charge in [0.05, 0.1) is 22.4 Å². The van der Waals surface area contributed by atoms with Crippen LogP contribution in [0.5, 0.6) is 0 Å². The number of hydrogen-bond donors (Lipinski definition) is 2. The number of nitrogens with zero attached hydrogens (tertiary/aromatic N) is 1. The van der Waals surface area contributed by atoms with E-state index in [2.05, 4.69) is 16.7 Å². The van der Waals surface area contributed by atoms with Crippen LogP contribution in [0.15, 0.2) is 65.2 Å². The Morgan fingerprint density at radius 1 is 1.21 bits per heavy atom. The van der Waals surface area contributed by atoms with Crippen molar-refractivity contribution in [1.82, 2.24) is 10.6 Å². The minimum atomic E-state index is -0.658. The van der Waals surface area contributed by atoms with Crippen molar-refractivity contribution in [3.63, 3.8) is 0 Å². The highest BCUT2D eigenvalue weighted by Crippen LogP contribution is 2.36. The van der Waals surface area contributed by atoms with Gasteiger partial charge in [-0.3, -0.25) is 9.59 Å². The molecule has 0 saturated heterocycles. The first kappa shape index (κ1) is 19.6. The molecule has 0 aromatic heterocycles. The van der Waals surface area contributed by atoms with E-state index in [1.807, 2.05) is 30.3 Å². The zero-order valence-electron chi connectivity index (χ0n) is 14.9. The van der Waals surface area contributed by atoms with Gasteiger partial charge >= 0.3 is 0 Å². The van der Waals surface area contributed by atoms with Crippen molar-refractivity contribution in [3.8, 4) is 6.07 Å². The zero-order chi connectivity index (χ0) is 19.9. The predicted molar refractivity (Wildman–Crippen MR) is 105 cm³/mol. The van der Waals surface area contributed by atoms with Gasteiger partial charge < -0.3 is 10.6 Å². The first-order chi connectivity index (χ1) is 13.6. The lowest BCUT2D eigenvalue weighted by Crippen LogP contribution is -2.32. The summed E-state index contributed by atoms with van der Waals surface area (Å²) in [6, 6.07) is 17.7. The molecule has 2 N–H and O–H groups in total. The lowest BCUT2D eigenvalue weighted by atomic mass is 9.87. The van der Waals surface area contributed by atoms with Crippen LogP contribution in [0.1, 0.15) is 23.5 Å². The van der Waals surface area contributed by atoms with E-state index >= 15 is 0 Å². The molecule has 0 aliphatic carbocycles. The molecule has 28 heavy (non-hydrogen) atoms. The van der Waals surface area contributed by atoms with Gasteiger partial charge in [-0.1, -0.05) is 60.3 Å². The first-order valence-electron chi connectivity index (χ1n) is 8.70. The van der Waals surface area contributed by atoms with Crippen LogP contribution in [0.4, 0.5) is 4.39 Å². The third kappa shape index (κ3) is 4.78. The molecule has 1 heterocycles. The highest BCUT2D eigenvalue weighted by Gasteiger charge is 2.31. The summed E-state index contributed by atoms with van der Waals surface area (Å²) in [6.45, 7) is 0.397. The van der Waals surface area contributed by atoms with Gasteiger partial charge in [-0.05, 0) is 17.2 Å². The Balaban J connectivity index is 1.70. The van der Waals surface area contributed by atoms with Crippen LogP contribution < -0.4 is 10.6 Å². The number of hydrogen-bond acceptors (Lipinski definition) is 4.